The minimum atomic E-state index is -0.467. The normalized spacial score (nSPS) is 10.6. The maximum Gasteiger partial charge on any atom is 0.248 e. The van der Waals surface area contributed by atoms with Gasteiger partial charge in [-0.25, -0.2) is 9.37 Å². The molecule has 0 saturated heterocycles. The Balaban J connectivity index is 1.38. The van der Waals surface area contributed by atoms with Crippen LogP contribution in [0.1, 0.15) is 32.0 Å². The monoisotopic (exact) mass is 432 g/mol. The van der Waals surface area contributed by atoms with Crippen molar-refractivity contribution in [2.75, 3.05) is 0 Å². The lowest BCUT2D eigenvalue weighted by Gasteiger charge is -2.06. The fourth-order valence-electron chi connectivity index (χ4n) is 2.91. The molecule has 0 aliphatic heterocycles. The lowest BCUT2D eigenvalue weighted by molar-refractivity contribution is 0.0998. The first-order valence-corrected chi connectivity index (χ1v) is 10.3. The first kappa shape index (κ1) is 20.4. The Morgan fingerprint density at radius 3 is 2.06 bits per heavy atom. The Kier molecular flexibility index (Phi) is 5.86. The quantitative estimate of drug-likeness (QED) is 0.423. The van der Waals surface area contributed by atoms with E-state index in [0.717, 1.165) is 16.3 Å². The number of hydrogen-bond donors (Lipinski definition) is 1. The summed E-state index contributed by atoms with van der Waals surface area (Å²) in [7, 11) is 0. The second-order valence-electron chi connectivity index (χ2n) is 6.73. The van der Waals surface area contributed by atoms with E-state index in [1.54, 1.807) is 48.5 Å². The number of carbonyl (C=O) groups is 2. The largest absolute Gasteiger partial charge is 0.487 e. The molecule has 31 heavy (non-hydrogen) atoms. The summed E-state index contributed by atoms with van der Waals surface area (Å²) in [4.78, 5) is 28.2. The van der Waals surface area contributed by atoms with Gasteiger partial charge in [0, 0.05) is 27.6 Å². The van der Waals surface area contributed by atoms with E-state index in [1.165, 1.54) is 35.6 Å². The van der Waals surface area contributed by atoms with Gasteiger partial charge in [-0.05, 0) is 60.7 Å². The van der Waals surface area contributed by atoms with Gasteiger partial charge in [0.05, 0.1) is 5.69 Å². The summed E-state index contributed by atoms with van der Waals surface area (Å²) in [5.74, 6) is -0.424. The van der Waals surface area contributed by atoms with E-state index in [4.69, 9.17) is 10.5 Å². The SMILES string of the molecule is NC(=O)c1ccc(-c2nc(COc3ccc(C(=O)c4ccc(F)cc4)cc3)cs2)cc1. The molecule has 7 heteroatoms. The molecule has 1 amide bonds. The summed E-state index contributed by atoms with van der Waals surface area (Å²) < 4.78 is 18.8. The molecular formula is C24H17FN2O3S. The zero-order valence-corrected chi connectivity index (χ0v) is 17.1. The fraction of sp³-hybridized carbons (Fsp3) is 0.0417. The number of aromatic nitrogens is 1. The number of nitrogens with zero attached hydrogens (tertiary/aromatic N) is 1. The van der Waals surface area contributed by atoms with E-state index in [2.05, 4.69) is 4.98 Å². The topological polar surface area (TPSA) is 82.3 Å². The number of halogens is 1. The van der Waals surface area contributed by atoms with E-state index >= 15 is 0 Å². The summed E-state index contributed by atoms with van der Waals surface area (Å²) in [6, 6.07) is 19.2. The minimum absolute atomic E-state index is 0.182. The smallest absolute Gasteiger partial charge is 0.248 e. The molecule has 0 unspecified atom stereocenters. The third-order valence-electron chi connectivity index (χ3n) is 4.58. The molecular weight excluding hydrogens is 415 g/mol. The molecule has 0 atom stereocenters. The Hall–Kier alpha value is -3.84. The van der Waals surface area contributed by atoms with Gasteiger partial charge in [-0.3, -0.25) is 9.59 Å². The van der Waals surface area contributed by atoms with Gasteiger partial charge in [-0.15, -0.1) is 11.3 Å². The molecule has 5 nitrogen and oxygen atoms in total. The maximum absolute atomic E-state index is 13.0. The number of ether oxygens (including phenoxy) is 1. The highest BCUT2D eigenvalue weighted by molar-refractivity contribution is 7.13. The van der Waals surface area contributed by atoms with Gasteiger partial charge in [-0.2, -0.15) is 0 Å². The summed E-state index contributed by atoms with van der Waals surface area (Å²) in [6.07, 6.45) is 0. The number of primary amides is 1. The number of carbonyl (C=O) groups excluding carboxylic acids is 2. The van der Waals surface area contributed by atoms with Gasteiger partial charge in [0.1, 0.15) is 23.2 Å². The van der Waals surface area contributed by atoms with Gasteiger partial charge in [-0.1, -0.05) is 12.1 Å². The second kappa shape index (κ2) is 8.89. The van der Waals surface area contributed by atoms with E-state index in [0.29, 0.717) is 22.4 Å². The summed E-state index contributed by atoms with van der Waals surface area (Å²) >= 11 is 1.48. The Morgan fingerprint density at radius 1 is 0.871 bits per heavy atom. The highest BCUT2D eigenvalue weighted by atomic mass is 32.1. The third kappa shape index (κ3) is 4.84. The fourth-order valence-corrected chi connectivity index (χ4v) is 3.72. The molecule has 0 fully saturated rings. The van der Waals surface area contributed by atoms with Crippen molar-refractivity contribution in [3.05, 3.63) is 106 Å². The number of rotatable bonds is 7. The highest BCUT2D eigenvalue weighted by Crippen LogP contribution is 2.25. The van der Waals surface area contributed by atoms with Crippen molar-refractivity contribution < 1.29 is 18.7 Å². The van der Waals surface area contributed by atoms with Crippen molar-refractivity contribution in [1.82, 2.24) is 4.98 Å². The Bertz CT molecular complexity index is 1220. The van der Waals surface area contributed by atoms with Crippen molar-refractivity contribution >= 4 is 23.0 Å². The molecule has 1 heterocycles. The number of ketones is 1. The molecule has 0 radical (unpaired) electrons. The van der Waals surface area contributed by atoms with Crippen LogP contribution in [0.2, 0.25) is 0 Å². The zero-order valence-electron chi connectivity index (χ0n) is 16.2. The third-order valence-corrected chi connectivity index (χ3v) is 5.52. The lowest BCUT2D eigenvalue weighted by Crippen LogP contribution is -2.10. The van der Waals surface area contributed by atoms with E-state index in [9.17, 15) is 14.0 Å². The standard InChI is InChI=1S/C24H17FN2O3S/c25-19-9-5-15(6-10-19)22(28)16-7-11-21(12-8-16)30-13-20-14-31-24(27-20)18-3-1-17(2-4-18)23(26)29/h1-12,14H,13H2,(H2,26,29). The van der Waals surface area contributed by atoms with Gasteiger partial charge >= 0.3 is 0 Å². The molecule has 0 aliphatic rings. The Labute approximate surface area is 181 Å². The van der Waals surface area contributed by atoms with Crippen LogP contribution in [0.5, 0.6) is 5.75 Å². The molecule has 0 bridgehead atoms. The maximum atomic E-state index is 13.0. The predicted molar refractivity (Wildman–Crippen MR) is 117 cm³/mol. The van der Waals surface area contributed by atoms with Gasteiger partial charge < -0.3 is 10.5 Å². The molecule has 0 aliphatic carbocycles. The molecule has 1 aromatic heterocycles. The summed E-state index contributed by atoms with van der Waals surface area (Å²) in [5.41, 5.74) is 8.29. The molecule has 4 rings (SSSR count). The highest BCUT2D eigenvalue weighted by Gasteiger charge is 2.10. The lowest BCUT2D eigenvalue weighted by atomic mass is 10.0. The number of nitrogens with two attached hydrogens (primary N) is 1. The molecule has 154 valence electrons. The minimum Gasteiger partial charge on any atom is -0.487 e. The zero-order chi connectivity index (χ0) is 21.8. The van der Waals surface area contributed by atoms with Crippen molar-refractivity contribution in [3.63, 3.8) is 0 Å². The van der Waals surface area contributed by atoms with Crippen LogP contribution in [0.4, 0.5) is 4.39 Å². The molecule has 3 aromatic carbocycles. The van der Waals surface area contributed by atoms with Crippen molar-refractivity contribution in [3.8, 4) is 16.3 Å². The van der Waals surface area contributed by atoms with Crippen LogP contribution in [-0.2, 0) is 6.61 Å². The predicted octanol–water partition coefficient (Wildman–Crippen LogP) is 4.86. The van der Waals surface area contributed by atoms with Crippen LogP contribution < -0.4 is 10.5 Å². The van der Waals surface area contributed by atoms with Crippen LogP contribution in [0.15, 0.2) is 78.2 Å². The van der Waals surface area contributed by atoms with Crippen LogP contribution in [-0.4, -0.2) is 16.7 Å². The Morgan fingerprint density at radius 2 is 1.45 bits per heavy atom. The van der Waals surface area contributed by atoms with E-state index in [-0.39, 0.29) is 18.2 Å². The van der Waals surface area contributed by atoms with Gasteiger partial charge in [0.25, 0.3) is 0 Å². The molecule has 0 spiro atoms. The first-order valence-electron chi connectivity index (χ1n) is 9.37. The number of hydrogen-bond acceptors (Lipinski definition) is 5. The second-order valence-corrected chi connectivity index (χ2v) is 7.59. The van der Waals surface area contributed by atoms with Crippen molar-refractivity contribution in [2.45, 2.75) is 6.61 Å². The van der Waals surface area contributed by atoms with Crippen LogP contribution in [0.3, 0.4) is 0 Å². The average molecular weight is 432 g/mol. The van der Waals surface area contributed by atoms with Gasteiger partial charge in [0.2, 0.25) is 5.91 Å². The number of benzene rings is 3. The van der Waals surface area contributed by atoms with Crippen LogP contribution >= 0.6 is 11.3 Å². The first-order chi connectivity index (χ1) is 15.0. The number of amides is 1. The number of thiazole rings is 1. The molecule has 4 aromatic rings. The van der Waals surface area contributed by atoms with E-state index < -0.39 is 5.91 Å². The average Bonchev–Trinajstić information content (AvgIpc) is 3.27. The molecule has 2 N–H and O–H groups in total. The van der Waals surface area contributed by atoms with Crippen LogP contribution in [0, 0.1) is 5.82 Å². The van der Waals surface area contributed by atoms with Crippen molar-refractivity contribution in [2.24, 2.45) is 5.73 Å². The van der Waals surface area contributed by atoms with Crippen LogP contribution in [0.25, 0.3) is 10.6 Å². The summed E-state index contributed by atoms with van der Waals surface area (Å²) in [5, 5.41) is 2.72. The van der Waals surface area contributed by atoms with Crippen molar-refractivity contribution in [1.29, 1.82) is 0 Å². The summed E-state index contributed by atoms with van der Waals surface area (Å²) in [6.45, 7) is 0.279. The van der Waals surface area contributed by atoms with Gasteiger partial charge in [0.15, 0.2) is 5.78 Å². The molecule has 0 saturated carbocycles. The van der Waals surface area contributed by atoms with E-state index in [1.807, 2.05) is 5.38 Å².